The summed E-state index contributed by atoms with van der Waals surface area (Å²) < 4.78 is 40.2. The zero-order valence-corrected chi connectivity index (χ0v) is 11.7. The molecule has 0 aliphatic rings. The highest BCUT2D eigenvalue weighted by Gasteiger charge is 2.22. The molecule has 0 radical (unpaired) electrons. The first kappa shape index (κ1) is 13.7. The van der Waals surface area contributed by atoms with Crippen LogP contribution in [0.3, 0.4) is 0 Å². The van der Waals surface area contributed by atoms with E-state index in [1.807, 2.05) is 0 Å². The molecule has 2 rings (SSSR count). The molecule has 6 nitrogen and oxygen atoms in total. The number of rotatable bonds is 3. The van der Waals surface area contributed by atoms with Gasteiger partial charge in [0.25, 0.3) is 10.0 Å². The second-order valence-corrected chi connectivity index (χ2v) is 5.92. The number of nitrogens with one attached hydrogen (secondary N) is 1. The minimum Gasteiger partial charge on any atom is -0.398 e. The van der Waals surface area contributed by atoms with E-state index in [-0.39, 0.29) is 11.5 Å². The van der Waals surface area contributed by atoms with E-state index in [9.17, 15) is 12.8 Å². The molecular formula is C10H8BrFN4O2S. The molecule has 0 spiro atoms. The van der Waals surface area contributed by atoms with Crippen LogP contribution >= 0.6 is 15.9 Å². The maximum atomic E-state index is 13.6. The number of halogens is 2. The topological polar surface area (TPSA) is 98.0 Å². The molecule has 2 aromatic rings. The second kappa shape index (κ2) is 5.10. The molecule has 0 saturated carbocycles. The summed E-state index contributed by atoms with van der Waals surface area (Å²) in [6, 6.07) is 3.63. The van der Waals surface area contributed by atoms with E-state index >= 15 is 0 Å². The highest BCUT2D eigenvalue weighted by Crippen LogP contribution is 2.23. The number of benzene rings is 1. The van der Waals surface area contributed by atoms with E-state index in [4.69, 9.17) is 5.73 Å². The van der Waals surface area contributed by atoms with E-state index in [0.717, 1.165) is 6.07 Å². The summed E-state index contributed by atoms with van der Waals surface area (Å²) in [5.41, 5.74) is 5.30. The standard InChI is InChI=1S/C10H8BrFN4O2S/c11-8-4-15-9(5-14-8)16-19(17,18)10-6(12)2-1-3-7(10)13/h1-5H,13H2,(H,15,16). The Morgan fingerprint density at radius 1 is 1.26 bits per heavy atom. The molecule has 1 aromatic carbocycles. The van der Waals surface area contributed by atoms with Crippen LogP contribution < -0.4 is 10.5 Å². The predicted molar refractivity (Wildman–Crippen MR) is 71.4 cm³/mol. The Labute approximate surface area is 117 Å². The van der Waals surface area contributed by atoms with Crippen LogP contribution in [0.5, 0.6) is 0 Å². The van der Waals surface area contributed by atoms with Crippen LogP contribution in [-0.2, 0) is 10.0 Å². The van der Waals surface area contributed by atoms with E-state index in [1.54, 1.807) is 0 Å². The molecule has 3 N–H and O–H groups in total. The number of sulfonamides is 1. The van der Waals surface area contributed by atoms with Gasteiger partial charge < -0.3 is 5.73 Å². The summed E-state index contributed by atoms with van der Waals surface area (Å²) in [7, 11) is -4.16. The van der Waals surface area contributed by atoms with Crippen LogP contribution in [-0.4, -0.2) is 18.4 Å². The summed E-state index contributed by atoms with van der Waals surface area (Å²) in [6.07, 6.45) is 2.50. The van der Waals surface area contributed by atoms with Crippen LogP contribution in [0.25, 0.3) is 0 Å². The lowest BCUT2D eigenvalue weighted by atomic mass is 10.3. The minimum absolute atomic E-state index is 0.0362. The van der Waals surface area contributed by atoms with Crippen molar-refractivity contribution in [2.75, 3.05) is 10.5 Å². The molecule has 1 heterocycles. The first-order valence-corrected chi connectivity index (χ1v) is 7.22. The lowest BCUT2D eigenvalue weighted by Gasteiger charge is -2.09. The summed E-state index contributed by atoms with van der Waals surface area (Å²) in [5, 5.41) is 0. The van der Waals surface area contributed by atoms with Crippen LogP contribution in [0.1, 0.15) is 0 Å². The van der Waals surface area contributed by atoms with Gasteiger partial charge in [-0.2, -0.15) is 0 Å². The van der Waals surface area contributed by atoms with Crippen molar-refractivity contribution >= 4 is 37.5 Å². The average molecular weight is 347 g/mol. The van der Waals surface area contributed by atoms with Gasteiger partial charge >= 0.3 is 0 Å². The summed E-state index contributed by atoms with van der Waals surface area (Å²) in [5.74, 6) is -0.969. The number of nitrogen functional groups attached to an aromatic ring is 1. The third-order valence-corrected chi connectivity index (χ3v) is 3.98. The Balaban J connectivity index is 2.41. The summed E-state index contributed by atoms with van der Waals surface area (Å²) in [6.45, 7) is 0. The van der Waals surface area contributed by atoms with Gasteiger partial charge in [0.2, 0.25) is 0 Å². The van der Waals surface area contributed by atoms with Crippen molar-refractivity contribution in [1.29, 1.82) is 0 Å². The maximum absolute atomic E-state index is 13.6. The van der Waals surface area contributed by atoms with Crippen molar-refractivity contribution in [3.05, 3.63) is 41.0 Å². The van der Waals surface area contributed by atoms with Crippen LogP contribution in [0.15, 0.2) is 40.1 Å². The molecule has 0 amide bonds. The Morgan fingerprint density at radius 3 is 2.58 bits per heavy atom. The highest BCUT2D eigenvalue weighted by molar-refractivity contribution is 9.10. The quantitative estimate of drug-likeness (QED) is 0.825. The monoisotopic (exact) mass is 346 g/mol. The lowest BCUT2D eigenvalue weighted by Crippen LogP contribution is -2.17. The van der Waals surface area contributed by atoms with Gasteiger partial charge in [0.05, 0.1) is 18.1 Å². The van der Waals surface area contributed by atoms with Crippen molar-refractivity contribution in [2.24, 2.45) is 0 Å². The van der Waals surface area contributed by atoms with Crippen molar-refractivity contribution in [3.63, 3.8) is 0 Å². The van der Waals surface area contributed by atoms with Gasteiger partial charge in [0.1, 0.15) is 15.3 Å². The van der Waals surface area contributed by atoms with Gasteiger partial charge in [-0.05, 0) is 28.1 Å². The number of hydrogen-bond donors (Lipinski definition) is 2. The van der Waals surface area contributed by atoms with Gasteiger partial charge in [0.15, 0.2) is 5.82 Å². The zero-order chi connectivity index (χ0) is 14.0. The average Bonchev–Trinajstić information content (AvgIpc) is 2.31. The van der Waals surface area contributed by atoms with E-state index in [2.05, 4.69) is 30.6 Å². The molecule has 0 fully saturated rings. The van der Waals surface area contributed by atoms with E-state index in [1.165, 1.54) is 24.5 Å². The molecule has 0 bridgehead atoms. The van der Waals surface area contributed by atoms with Gasteiger partial charge in [-0.25, -0.2) is 22.8 Å². The number of hydrogen-bond acceptors (Lipinski definition) is 5. The molecule has 0 atom stereocenters. The molecule has 0 saturated heterocycles. The van der Waals surface area contributed by atoms with Crippen molar-refractivity contribution < 1.29 is 12.8 Å². The molecule has 100 valence electrons. The van der Waals surface area contributed by atoms with E-state index in [0.29, 0.717) is 4.60 Å². The molecular weight excluding hydrogens is 339 g/mol. The highest BCUT2D eigenvalue weighted by atomic mass is 79.9. The van der Waals surface area contributed by atoms with E-state index < -0.39 is 20.7 Å². The van der Waals surface area contributed by atoms with Crippen LogP contribution in [0.4, 0.5) is 15.9 Å². The zero-order valence-electron chi connectivity index (χ0n) is 9.34. The third-order valence-electron chi connectivity index (χ3n) is 2.13. The second-order valence-electron chi connectivity index (χ2n) is 3.49. The third kappa shape index (κ3) is 2.99. The first-order chi connectivity index (χ1) is 8.90. The minimum atomic E-state index is -4.16. The normalized spacial score (nSPS) is 11.3. The van der Waals surface area contributed by atoms with Gasteiger partial charge in [-0.3, -0.25) is 4.72 Å². The molecule has 1 aromatic heterocycles. The Kier molecular flexibility index (Phi) is 3.67. The fraction of sp³-hybridized carbons (Fsp3) is 0. The van der Waals surface area contributed by atoms with Crippen molar-refractivity contribution in [1.82, 2.24) is 9.97 Å². The number of anilines is 2. The number of aromatic nitrogens is 2. The van der Waals surface area contributed by atoms with Crippen LogP contribution in [0.2, 0.25) is 0 Å². The molecule has 19 heavy (non-hydrogen) atoms. The summed E-state index contributed by atoms with van der Waals surface area (Å²) >= 11 is 3.06. The predicted octanol–water partition coefficient (Wildman–Crippen LogP) is 1.76. The molecule has 9 heteroatoms. The van der Waals surface area contributed by atoms with Gasteiger partial charge in [-0.15, -0.1) is 0 Å². The number of nitrogens with zero attached hydrogens (tertiary/aromatic N) is 2. The van der Waals surface area contributed by atoms with Crippen molar-refractivity contribution in [2.45, 2.75) is 4.90 Å². The van der Waals surface area contributed by atoms with Crippen LogP contribution in [0, 0.1) is 5.82 Å². The largest absolute Gasteiger partial charge is 0.398 e. The fourth-order valence-corrected chi connectivity index (χ4v) is 2.75. The first-order valence-electron chi connectivity index (χ1n) is 4.94. The summed E-state index contributed by atoms with van der Waals surface area (Å²) in [4.78, 5) is 6.98. The molecule has 0 aliphatic heterocycles. The maximum Gasteiger partial charge on any atom is 0.268 e. The smallest absolute Gasteiger partial charge is 0.268 e. The van der Waals surface area contributed by atoms with Gasteiger partial charge in [0, 0.05) is 0 Å². The molecule has 0 aliphatic carbocycles. The molecule has 0 unspecified atom stereocenters. The Hall–Kier alpha value is -1.74. The SMILES string of the molecule is Nc1cccc(F)c1S(=O)(=O)Nc1cnc(Br)cn1. The fourth-order valence-electron chi connectivity index (χ4n) is 1.36. The Morgan fingerprint density at radius 2 is 2.00 bits per heavy atom. The lowest BCUT2D eigenvalue weighted by molar-refractivity contribution is 0.571. The van der Waals surface area contributed by atoms with Gasteiger partial charge in [-0.1, -0.05) is 6.07 Å². The van der Waals surface area contributed by atoms with Crippen molar-refractivity contribution in [3.8, 4) is 0 Å². The number of nitrogens with two attached hydrogens (primary N) is 1. The Bertz CT molecular complexity index is 686.